The second-order valence-electron chi connectivity index (χ2n) is 6.14. The predicted molar refractivity (Wildman–Crippen MR) is 90.8 cm³/mol. The number of methoxy groups -OCH3 is 1. The van der Waals surface area contributed by atoms with Gasteiger partial charge in [-0.1, -0.05) is 13.8 Å². The van der Waals surface area contributed by atoms with E-state index in [2.05, 4.69) is 20.0 Å². The van der Waals surface area contributed by atoms with Gasteiger partial charge in [0.2, 0.25) is 0 Å². The van der Waals surface area contributed by atoms with Gasteiger partial charge in [-0.3, -0.25) is 0 Å². The lowest BCUT2D eigenvalue weighted by atomic mass is 10.0. The lowest BCUT2D eigenvalue weighted by Crippen LogP contribution is -2.56. The summed E-state index contributed by atoms with van der Waals surface area (Å²) < 4.78 is 31.4. The molecule has 0 amide bonds. The zero-order valence-electron chi connectivity index (χ0n) is 14.3. The zero-order valence-corrected chi connectivity index (χ0v) is 15.1. The maximum atomic E-state index is 12.6. The van der Waals surface area contributed by atoms with Gasteiger partial charge >= 0.3 is 0 Å². The maximum absolute atomic E-state index is 12.6. The molecule has 0 atom stereocenters. The van der Waals surface area contributed by atoms with Crippen molar-refractivity contribution in [3.63, 3.8) is 0 Å². The van der Waals surface area contributed by atoms with Crippen molar-refractivity contribution >= 4 is 21.4 Å². The first-order chi connectivity index (χ1) is 11.5. The molecule has 1 saturated heterocycles. The van der Waals surface area contributed by atoms with Crippen LogP contribution in [-0.4, -0.2) is 58.7 Å². The average molecular weight is 353 g/mol. The maximum Gasteiger partial charge on any atom is 0.254 e. The molecular formula is C15H23N5O3S. The fourth-order valence-corrected chi connectivity index (χ4v) is 5.50. The third kappa shape index (κ3) is 2.65. The van der Waals surface area contributed by atoms with Crippen LogP contribution in [0.2, 0.25) is 0 Å². The Hall–Kier alpha value is -1.74. The summed E-state index contributed by atoms with van der Waals surface area (Å²) in [5.41, 5.74) is 0.750. The van der Waals surface area contributed by atoms with Gasteiger partial charge in [0.05, 0.1) is 22.8 Å². The Morgan fingerprint density at radius 1 is 1.33 bits per heavy atom. The zero-order chi connectivity index (χ0) is 17.4. The molecule has 0 radical (unpaired) electrons. The molecule has 0 aromatic carbocycles. The number of fused-ring (bicyclic) bond motifs is 1. The Morgan fingerprint density at radius 2 is 2.08 bits per heavy atom. The van der Waals surface area contributed by atoms with Crippen LogP contribution in [0.3, 0.4) is 0 Å². The molecule has 1 aliphatic rings. The molecule has 0 N–H and O–H groups in total. The third-order valence-corrected chi connectivity index (χ3v) is 7.71. The van der Waals surface area contributed by atoms with E-state index in [1.807, 2.05) is 19.9 Å². The minimum Gasteiger partial charge on any atom is -0.378 e. The third-order valence-electron chi connectivity index (χ3n) is 4.96. The second kappa shape index (κ2) is 6.29. The topological polar surface area (TPSA) is 89.7 Å². The molecule has 8 nitrogen and oxygen atoms in total. The van der Waals surface area contributed by atoms with Crippen molar-refractivity contribution in [1.82, 2.24) is 19.6 Å². The molecular weight excluding hydrogens is 330 g/mol. The first kappa shape index (κ1) is 17.1. The Bertz CT molecular complexity index is 829. The minimum atomic E-state index is -3.11. The van der Waals surface area contributed by atoms with E-state index >= 15 is 0 Å². The van der Waals surface area contributed by atoms with E-state index in [0.29, 0.717) is 38.3 Å². The SMILES string of the molecule is CCC1(CC)CN(c2cc(COC)nc3ncnn23)CCS1(=O)=O. The number of aromatic nitrogens is 4. The first-order valence-electron chi connectivity index (χ1n) is 8.12. The van der Waals surface area contributed by atoms with Crippen LogP contribution in [0.15, 0.2) is 12.4 Å². The molecule has 3 rings (SSSR count). The number of sulfone groups is 1. The number of hydrogen-bond donors (Lipinski definition) is 0. The van der Waals surface area contributed by atoms with Crippen molar-refractivity contribution in [2.45, 2.75) is 38.0 Å². The number of nitrogens with zero attached hydrogens (tertiary/aromatic N) is 5. The van der Waals surface area contributed by atoms with Gasteiger partial charge in [0, 0.05) is 26.3 Å². The van der Waals surface area contributed by atoms with E-state index in [1.54, 1.807) is 11.6 Å². The molecule has 132 valence electrons. The Morgan fingerprint density at radius 3 is 2.75 bits per heavy atom. The van der Waals surface area contributed by atoms with Crippen molar-refractivity contribution in [1.29, 1.82) is 0 Å². The highest BCUT2D eigenvalue weighted by Gasteiger charge is 2.45. The van der Waals surface area contributed by atoms with Crippen molar-refractivity contribution in [2.24, 2.45) is 0 Å². The number of hydrogen-bond acceptors (Lipinski definition) is 7. The predicted octanol–water partition coefficient (Wildman–Crippen LogP) is 1.06. The van der Waals surface area contributed by atoms with Crippen LogP contribution in [0, 0.1) is 0 Å². The summed E-state index contributed by atoms with van der Waals surface area (Å²) in [4.78, 5) is 10.6. The van der Waals surface area contributed by atoms with Crippen LogP contribution in [0.25, 0.3) is 5.78 Å². The van der Waals surface area contributed by atoms with Gasteiger partial charge < -0.3 is 9.64 Å². The molecule has 24 heavy (non-hydrogen) atoms. The van der Waals surface area contributed by atoms with Gasteiger partial charge in [-0.25, -0.2) is 13.4 Å². The Kier molecular flexibility index (Phi) is 4.48. The van der Waals surface area contributed by atoms with Crippen molar-refractivity contribution < 1.29 is 13.2 Å². The quantitative estimate of drug-likeness (QED) is 0.794. The lowest BCUT2D eigenvalue weighted by Gasteiger charge is -2.42. The molecule has 0 saturated carbocycles. The van der Waals surface area contributed by atoms with Gasteiger partial charge in [-0.05, 0) is 12.8 Å². The molecule has 1 aliphatic heterocycles. The summed E-state index contributed by atoms with van der Waals surface area (Å²) >= 11 is 0. The van der Waals surface area contributed by atoms with Crippen molar-refractivity contribution in [3.8, 4) is 0 Å². The van der Waals surface area contributed by atoms with Crippen LogP contribution >= 0.6 is 0 Å². The van der Waals surface area contributed by atoms with E-state index in [0.717, 1.165) is 11.5 Å². The average Bonchev–Trinajstić information content (AvgIpc) is 3.03. The standard InChI is InChI=1S/C15H23N5O3S/c1-4-15(5-2)10-19(6-7-24(15,21)22)13-8-12(9-23-3)18-14-16-11-17-20(13)14/h8,11H,4-7,9-10H2,1-3H3. The summed E-state index contributed by atoms with van der Waals surface area (Å²) in [5, 5.41) is 4.24. The first-order valence-corrected chi connectivity index (χ1v) is 9.77. The molecule has 2 aromatic rings. The largest absolute Gasteiger partial charge is 0.378 e. The van der Waals surface area contributed by atoms with E-state index in [-0.39, 0.29) is 5.75 Å². The minimum absolute atomic E-state index is 0.146. The van der Waals surface area contributed by atoms with E-state index < -0.39 is 14.6 Å². The molecule has 2 aromatic heterocycles. The van der Waals surface area contributed by atoms with Crippen LogP contribution in [0.1, 0.15) is 32.4 Å². The smallest absolute Gasteiger partial charge is 0.254 e. The van der Waals surface area contributed by atoms with Gasteiger partial charge in [0.25, 0.3) is 5.78 Å². The lowest BCUT2D eigenvalue weighted by molar-refractivity contribution is 0.181. The van der Waals surface area contributed by atoms with Gasteiger partial charge in [-0.2, -0.15) is 14.6 Å². The summed E-state index contributed by atoms with van der Waals surface area (Å²) in [6.07, 6.45) is 2.65. The van der Waals surface area contributed by atoms with Crippen molar-refractivity contribution in [2.75, 3.05) is 30.9 Å². The van der Waals surface area contributed by atoms with Gasteiger partial charge in [-0.15, -0.1) is 0 Å². The molecule has 0 spiro atoms. The Labute approximate surface area is 141 Å². The monoisotopic (exact) mass is 353 g/mol. The Balaban J connectivity index is 2.06. The summed E-state index contributed by atoms with van der Waals surface area (Å²) in [5.74, 6) is 1.45. The van der Waals surface area contributed by atoms with Crippen LogP contribution < -0.4 is 4.90 Å². The normalized spacial score (nSPS) is 19.7. The van der Waals surface area contributed by atoms with Gasteiger partial charge in [0.15, 0.2) is 9.84 Å². The fourth-order valence-electron chi connectivity index (χ4n) is 3.37. The van der Waals surface area contributed by atoms with E-state index in [9.17, 15) is 8.42 Å². The fraction of sp³-hybridized carbons (Fsp3) is 0.667. The number of rotatable bonds is 5. The molecule has 1 fully saturated rings. The second-order valence-corrected chi connectivity index (χ2v) is 8.64. The number of ether oxygens (including phenoxy) is 1. The van der Waals surface area contributed by atoms with E-state index in [4.69, 9.17) is 4.74 Å². The summed E-state index contributed by atoms with van der Waals surface area (Å²) in [6, 6.07) is 1.90. The molecule has 9 heteroatoms. The molecule has 0 aliphatic carbocycles. The van der Waals surface area contributed by atoms with Crippen LogP contribution in [0.4, 0.5) is 5.82 Å². The van der Waals surface area contributed by atoms with Crippen LogP contribution in [-0.2, 0) is 21.2 Å². The van der Waals surface area contributed by atoms with Crippen molar-refractivity contribution in [3.05, 3.63) is 18.1 Å². The van der Waals surface area contributed by atoms with E-state index in [1.165, 1.54) is 6.33 Å². The van der Waals surface area contributed by atoms with Gasteiger partial charge in [0.1, 0.15) is 12.1 Å². The highest BCUT2D eigenvalue weighted by atomic mass is 32.2. The highest BCUT2D eigenvalue weighted by molar-refractivity contribution is 7.92. The molecule has 0 unspecified atom stereocenters. The molecule has 0 bridgehead atoms. The highest BCUT2D eigenvalue weighted by Crippen LogP contribution is 2.33. The number of anilines is 1. The summed E-state index contributed by atoms with van der Waals surface area (Å²) in [6.45, 7) is 5.15. The summed E-state index contributed by atoms with van der Waals surface area (Å²) in [7, 11) is -1.50. The molecule has 3 heterocycles. The van der Waals surface area contributed by atoms with Crippen LogP contribution in [0.5, 0.6) is 0 Å².